The van der Waals surface area contributed by atoms with Crippen LogP contribution in [-0.4, -0.2) is 5.11 Å². The van der Waals surface area contributed by atoms with Gasteiger partial charge in [0.1, 0.15) is 11.5 Å². The number of furan rings is 1. The monoisotopic (exact) mass is 231 g/mol. The molecule has 17 heavy (non-hydrogen) atoms. The molecule has 0 amide bonds. The Bertz CT molecular complexity index is 529. The van der Waals surface area contributed by atoms with Gasteiger partial charge in [-0.15, -0.1) is 0 Å². The van der Waals surface area contributed by atoms with Crippen molar-refractivity contribution in [3.63, 3.8) is 0 Å². The van der Waals surface area contributed by atoms with Crippen LogP contribution in [0.1, 0.15) is 22.5 Å². The van der Waals surface area contributed by atoms with Crippen LogP contribution in [0.2, 0.25) is 0 Å². The summed E-state index contributed by atoms with van der Waals surface area (Å²) >= 11 is 0. The van der Waals surface area contributed by atoms with Gasteiger partial charge in [-0.25, -0.2) is 0 Å². The van der Waals surface area contributed by atoms with E-state index < -0.39 is 0 Å². The number of nitrogens with one attached hydrogen (secondary N) is 1. The Balaban J connectivity index is 2.14. The molecule has 3 nitrogen and oxygen atoms in total. The third kappa shape index (κ3) is 2.44. The van der Waals surface area contributed by atoms with Gasteiger partial charge in [0.05, 0.1) is 12.8 Å². The van der Waals surface area contributed by atoms with Crippen LogP contribution in [0.15, 0.2) is 28.9 Å². The second kappa shape index (κ2) is 4.53. The highest BCUT2D eigenvalue weighted by atomic mass is 16.3. The third-order valence-electron chi connectivity index (χ3n) is 2.95. The lowest BCUT2D eigenvalue weighted by atomic mass is 10.1. The van der Waals surface area contributed by atoms with Crippen molar-refractivity contribution in [1.82, 2.24) is 0 Å². The van der Waals surface area contributed by atoms with Crippen molar-refractivity contribution < 1.29 is 9.52 Å². The lowest BCUT2D eigenvalue weighted by Crippen LogP contribution is -2.01. The van der Waals surface area contributed by atoms with E-state index in [-0.39, 0.29) is 0 Å². The number of rotatable bonds is 3. The molecule has 90 valence electrons. The van der Waals surface area contributed by atoms with Crippen LogP contribution in [0.5, 0.6) is 5.75 Å². The summed E-state index contributed by atoms with van der Waals surface area (Å²) < 4.78 is 5.37. The maximum atomic E-state index is 9.57. The first-order valence-corrected chi connectivity index (χ1v) is 5.65. The standard InChI is InChI=1S/C14H17NO2/c1-9-4-5-17-14(9)8-15-12-6-11(3)13(16)7-10(12)2/h4-7,15-16H,8H2,1-3H3. The van der Waals surface area contributed by atoms with Crippen molar-refractivity contribution in [2.45, 2.75) is 27.3 Å². The SMILES string of the molecule is Cc1cc(NCc2occc2C)c(C)cc1O. The van der Waals surface area contributed by atoms with Crippen molar-refractivity contribution in [3.8, 4) is 5.75 Å². The highest BCUT2D eigenvalue weighted by molar-refractivity contribution is 5.56. The number of anilines is 1. The van der Waals surface area contributed by atoms with Gasteiger partial charge >= 0.3 is 0 Å². The zero-order valence-corrected chi connectivity index (χ0v) is 10.4. The zero-order valence-electron chi connectivity index (χ0n) is 10.4. The van der Waals surface area contributed by atoms with E-state index in [1.54, 1.807) is 12.3 Å². The Hall–Kier alpha value is -1.90. The van der Waals surface area contributed by atoms with Crippen LogP contribution in [0.25, 0.3) is 0 Å². The number of aryl methyl sites for hydroxylation is 3. The number of phenolic OH excluding ortho intramolecular Hbond substituents is 1. The largest absolute Gasteiger partial charge is 0.508 e. The topological polar surface area (TPSA) is 45.4 Å². The molecule has 2 rings (SSSR count). The maximum Gasteiger partial charge on any atom is 0.125 e. The molecule has 2 aromatic rings. The van der Waals surface area contributed by atoms with Gasteiger partial charge in [0, 0.05) is 5.69 Å². The van der Waals surface area contributed by atoms with Gasteiger partial charge in [-0.3, -0.25) is 0 Å². The van der Waals surface area contributed by atoms with Gasteiger partial charge in [-0.1, -0.05) is 0 Å². The van der Waals surface area contributed by atoms with Crippen LogP contribution in [0.3, 0.4) is 0 Å². The first-order chi connectivity index (χ1) is 8.08. The normalized spacial score (nSPS) is 10.5. The fraction of sp³-hybridized carbons (Fsp3) is 0.286. The molecule has 2 N–H and O–H groups in total. The summed E-state index contributed by atoms with van der Waals surface area (Å²) in [5, 5.41) is 12.9. The molecule has 3 heteroatoms. The molecule has 0 saturated carbocycles. The van der Waals surface area contributed by atoms with Gasteiger partial charge in [-0.2, -0.15) is 0 Å². The number of aromatic hydroxyl groups is 1. The van der Waals surface area contributed by atoms with Crippen molar-refractivity contribution in [2.75, 3.05) is 5.32 Å². The first kappa shape index (κ1) is 11.6. The lowest BCUT2D eigenvalue weighted by Gasteiger charge is -2.11. The lowest BCUT2D eigenvalue weighted by molar-refractivity contribution is 0.470. The summed E-state index contributed by atoms with van der Waals surface area (Å²) in [5.41, 5.74) is 4.06. The smallest absolute Gasteiger partial charge is 0.125 e. The average Bonchev–Trinajstić information content (AvgIpc) is 2.68. The minimum absolute atomic E-state index is 0.335. The second-order valence-electron chi connectivity index (χ2n) is 4.33. The molecule has 0 fully saturated rings. The molecule has 1 aromatic heterocycles. The summed E-state index contributed by atoms with van der Waals surface area (Å²) in [6.07, 6.45) is 1.70. The fourth-order valence-electron chi connectivity index (χ4n) is 1.75. The molecule has 0 spiro atoms. The molecule has 1 heterocycles. The molecule has 0 aliphatic heterocycles. The quantitative estimate of drug-likeness (QED) is 0.794. The van der Waals surface area contributed by atoms with E-state index in [1.807, 2.05) is 32.9 Å². The number of hydrogen-bond donors (Lipinski definition) is 2. The second-order valence-corrected chi connectivity index (χ2v) is 4.33. The van der Waals surface area contributed by atoms with E-state index in [9.17, 15) is 5.11 Å². The summed E-state index contributed by atoms with van der Waals surface area (Å²) in [6.45, 7) is 6.54. The van der Waals surface area contributed by atoms with Gasteiger partial charge < -0.3 is 14.8 Å². The predicted molar refractivity (Wildman–Crippen MR) is 68.4 cm³/mol. The highest BCUT2D eigenvalue weighted by Gasteiger charge is 2.05. The molecule has 0 atom stereocenters. The molecular weight excluding hydrogens is 214 g/mol. The number of hydrogen-bond acceptors (Lipinski definition) is 3. The van der Waals surface area contributed by atoms with Gasteiger partial charge in [-0.05, 0) is 55.7 Å². The molecule has 0 unspecified atom stereocenters. The highest BCUT2D eigenvalue weighted by Crippen LogP contribution is 2.25. The van der Waals surface area contributed by atoms with Crippen LogP contribution < -0.4 is 5.32 Å². The Morgan fingerprint density at radius 3 is 2.53 bits per heavy atom. The Kier molecular flexibility index (Phi) is 3.09. The van der Waals surface area contributed by atoms with Crippen LogP contribution in [-0.2, 0) is 6.54 Å². The molecule has 0 aliphatic rings. The van der Waals surface area contributed by atoms with E-state index in [2.05, 4.69) is 5.32 Å². The molecule has 0 bridgehead atoms. The summed E-state index contributed by atoms with van der Waals surface area (Å²) in [5.74, 6) is 1.28. The van der Waals surface area contributed by atoms with E-state index in [0.717, 1.165) is 28.1 Å². The van der Waals surface area contributed by atoms with E-state index >= 15 is 0 Å². The minimum atomic E-state index is 0.335. The maximum absolute atomic E-state index is 9.57. The Morgan fingerprint density at radius 2 is 1.88 bits per heavy atom. The summed E-state index contributed by atoms with van der Waals surface area (Å²) in [7, 11) is 0. The molecule has 0 aliphatic carbocycles. The van der Waals surface area contributed by atoms with Gasteiger partial charge in [0.25, 0.3) is 0 Å². The zero-order chi connectivity index (χ0) is 12.4. The summed E-state index contributed by atoms with van der Waals surface area (Å²) in [6, 6.07) is 5.67. The molecular formula is C14H17NO2. The van der Waals surface area contributed by atoms with Crippen LogP contribution in [0.4, 0.5) is 5.69 Å². The first-order valence-electron chi connectivity index (χ1n) is 5.65. The van der Waals surface area contributed by atoms with Gasteiger partial charge in [0.15, 0.2) is 0 Å². The van der Waals surface area contributed by atoms with Crippen molar-refractivity contribution in [1.29, 1.82) is 0 Å². The molecule has 0 radical (unpaired) electrons. The summed E-state index contributed by atoms with van der Waals surface area (Å²) in [4.78, 5) is 0. The number of benzene rings is 1. The molecule has 1 aromatic carbocycles. The van der Waals surface area contributed by atoms with Gasteiger partial charge in [0.2, 0.25) is 0 Å². The Morgan fingerprint density at radius 1 is 1.12 bits per heavy atom. The van der Waals surface area contributed by atoms with Crippen LogP contribution in [0, 0.1) is 20.8 Å². The van der Waals surface area contributed by atoms with Crippen molar-refractivity contribution >= 4 is 5.69 Å². The van der Waals surface area contributed by atoms with Crippen molar-refractivity contribution in [2.24, 2.45) is 0 Å². The predicted octanol–water partition coefficient (Wildman–Crippen LogP) is 3.52. The Labute approximate surface area is 101 Å². The van der Waals surface area contributed by atoms with E-state index in [1.165, 1.54) is 0 Å². The van der Waals surface area contributed by atoms with E-state index in [0.29, 0.717) is 12.3 Å². The molecule has 0 saturated heterocycles. The minimum Gasteiger partial charge on any atom is -0.508 e. The fourth-order valence-corrected chi connectivity index (χ4v) is 1.75. The number of phenols is 1. The van der Waals surface area contributed by atoms with E-state index in [4.69, 9.17) is 4.42 Å². The average molecular weight is 231 g/mol. The van der Waals surface area contributed by atoms with Crippen molar-refractivity contribution in [3.05, 3.63) is 46.9 Å². The van der Waals surface area contributed by atoms with Crippen LogP contribution >= 0.6 is 0 Å². The third-order valence-corrected chi connectivity index (χ3v) is 2.95.